The molecule has 4 nitrogen and oxygen atoms in total. The van der Waals surface area contributed by atoms with E-state index in [9.17, 15) is 26.0 Å². The maximum atomic E-state index is 13.5. The molecule has 0 radical (unpaired) electrons. The molecular weight excluding hydrogens is 372 g/mol. The van der Waals surface area contributed by atoms with Gasteiger partial charge in [0.1, 0.15) is 5.82 Å². The molecule has 26 heavy (non-hydrogen) atoms. The molecule has 0 amide bonds. The number of hydrogen-bond donors (Lipinski definition) is 0. The van der Waals surface area contributed by atoms with Gasteiger partial charge in [-0.3, -0.25) is 4.98 Å². The van der Waals surface area contributed by atoms with Gasteiger partial charge in [-0.2, -0.15) is 17.5 Å². The number of halogens is 4. The fourth-order valence-electron chi connectivity index (χ4n) is 2.81. The van der Waals surface area contributed by atoms with Crippen molar-refractivity contribution in [1.82, 2.24) is 9.29 Å². The summed E-state index contributed by atoms with van der Waals surface area (Å²) in [5, 5.41) is 0. The van der Waals surface area contributed by atoms with Gasteiger partial charge in [0.15, 0.2) is 0 Å². The Morgan fingerprint density at radius 1 is 1.19 bits per heavy atom. The van der Waals surface area contributed by atoms with E-state index in [4.69, 9.17) is 0 Å². The van der Waals surface area contributed by atoms with Crippen LogP contribution >= 0.6 is 0 Å². The van der Waals surface area contributed by atoms with E-state index >= 15 is 0 Å². The predicted molar refractivity (Wildman–Crippen MR) is 86.1 cm³/mol. The highest BCUT2D eigenvalue weighted by molar-refractivity contribution is 7.89. The summed E-state index contributed by atoms with van der Waals surface area (Å²) in [6, 6.07) is 5.82. The van der Waals surface area contributed by atoms with Crippen LogP contribution in [0.2, 0.25) is 0 Å². The smallest absolute Gasteiger partial charge is 0.260 e. The molecule has 1 atom stereocenters. The maximum absolute atomic E-state index is 13.5. The molecule has 1 aliphatic rings. The van der Waals surface area contributed by atoms with Gasteiger partial charge in [-0.1, -0.05) is 6.07 Å². The molecule has 1 aliphatic carbocycles. The van der Waals surface area contributed by atoms with Crippen LogP contribution in [0.5, 0.6) is 0 Å². The van der Waals surface area contributed by atoms with Crippen LogP contribution < -0.4 is 0 Å². The first-order valence-electron chi connectivity index (χ1n) is 7.93. The van der Waals surface area contributed by atoms with Crippen molar-refractivity contribution >= 4 is 10.0 Å². The van der Waals surface area contributed by atoms with Gasteiger partial charge in [0, 0.05) is 12.2 Å². The lowest BCUT2D eigenvalue weighted by Gasteiger charge is -2.28. The van der Waals surface area contributed by atoms with Crippen LogP contribution in [0, 0.1) is 5.82 Å². The van der Waals surface area contributed by atoms with Crippen LogP contribution in [-0.2, 0) is 16.2 Å². The molecule has 9 heteroatoms. The van der Waals surface area contributed by atoms with E-state index in [1.54, 1.807) is 25.1 Å². The van der Waals surface area contributed by atoms with Crippen LogP contribution in [0.1, 0.15) is 37.1 Å². The van der Waals surface area contributed by atoms with Crippen LogP contribution in [0.3, 0.4) is 0 Å². The number of aromatic nitrogens is 1. The average molecular weight is 388 g/mol. The molecule has 2 aromatic rings. The lowest BCUT2D eigenvalue weighted by molar-refractivity contribution is -0.140. The average Bonchev–Trinajstić information content (AvgIpc) is 3.39. The number of hydrogen-bond acceptors (Lipinski definition) is 3. The lowest BCUT2D eigenvalue weighted by atomic mass is 10.2. The van der Waals surface area contributed by atoms with Gasteiger partial charge in [0.25, 0.3) is 0 Å². The summed E-state index contributed by atoms with van der Waals surface area (Å²) in [5.41, 5.74) is -1.11. The number of nitrogens with zero attached hydrogens (tertiary/aromatic N) is 2. The molecule has 0 aliphatic heterocycles. The molecule has 1 aromatic carbocycles. The molecular formula is C17H16F4N2O2S. The standard InChI is InChI=1S/C17H16F4N2O2S/c1-11(16-4-2-3-9-22-16)23(12-5-6-12)26(24,25)13-7-8-15(18)14(10-13)17(19,20)21/h2-4,7-12H,5-6H2,1H3. The normalized spacial score (nSPS) is 16.7. The first-order valence-corrected chi connectivity index (χ1v) is 9.37. The minimum absolute atomic E-state index is 0.309. The molecule has 140 valence electrons. The highest BCUT2D eigenvalue weighted by Gasteiger charge is 2.43. The van der Waals surface area contributed by atoms with Crippen molar-refractivity contribution < 1.29 is 26.0 Å². The number of rotatable bonds is 5. The van der Waals surface area contributed by atoms with E-state index in [0.29, 0.717) is 30.7 Å². The first-order chi connectivity index (χ1) is 12.1. The van der Waals surface area contributed by atoms with Gasteiger partial charge in [-0.05, 0) is 50.1 Å². The third-order valence-corrected chi connectivity index (χ3v) is 6.24. The zero-order valence-corrected chi connectivity index (χ0v) is 14.6. The van der Waals surface area contributed by atoms with Gasteiger partial charge in [0.2, 0.25) is 10.0 Å². The largest absolute Gasteiger partial charge is 0.419 e. The van der Waals surface area contributed by atoms with E-state index in [0.717, 1.165) is 6.07 Å². The van der Waals surface area contributed by atoms with E-state index in [2.05, 4.69) is 4.98 Å². The van der Waals surface area contributed by atoms with Crippen LogP contribution in [0.15, 0.2) is 47.5 Å². The molecule has 1 unspecified atom stereocenters. The topological polar surface area (TPSA) is 50.3 Å². The fraction of sp³-hybridized carbons (Fsp3) is 0.353. The van der Waals surface area contributed by atoms with Crippen LogP contribution in [0.4, 0.5) is 17.6 Å². The number of benzene rings is 1. The summed E-state index contributed by atoms with van der Waals surface area (Å²) in [5.74, 6) is -1.51. The van der Waals surface area contributed by atoms with Crippen molar-refractivity contribution in [2.45, 2.75) is 42.9 Å². The second-order valence-corrected chi connectivity index (χ2v) is 7.98. The van der Waals surface area contributed by atoms with Crippen LogP contribution in [0.25, 0.3) is 0 Å². The Labute approximate surface area is 148 Å². The van der Waals surface area contributed by atoms with E-state index in [-0.39, 0.29) is 6.04 Å². The summed E-state index contributed by atoms with van der Waals surface area (Å²) in [6.45, 7) is 1.63. The molecule has 3 rings (SSSR count). The van der Waals surface area contributed by atoms with Crippen molar-refractivity contribution in [1.29, 1.82) is 0 Å². The van der Waals surface area contributed by atoms with E-state index < -0.39 is 38.5 Å². The van der Waals surface area contributed by atoms with Crippen molar-refractivity contribution in [3.63, 3.8) is 0 Å². The Balaban J connectivity index is 2.05. The molecule has 1 saturated carbocycles. The summed E-state index contributed by atoms with van der Waals surface area (Å²) < 4.78 is 79.6. The van der Waals surface area contributed by atoms with Gasteiger partial charge in [-0.15, -0.1) is 0 Å². The van der Waals surface area contributed by atoms with Crippen molar-refractivity contribution in [3.8, 4) is 0 Å². The number of sulfonamides is 1. The minimum atomic E-state index is -4.98. The SMILES string of the molecule is CC(c1ccccn1)N(C1CC1)S(=O)(=O)c1ccc(F)c(C(F)(F)F)c1. The summed E-state index contributed by atoms with van der Waals surface area (Å²) >= 11 is 0. The summed E-state index contributed by atoms with van der Waals surface area (Å²) in [6.07, 6.45) is -2.23. The monoisotopic (exact) mass is 388 g/mol. The molecule has 1 aromatic heterocycles. The minimum Gasteiger partial charge on any atom is -0.260 e. The Hall–Kier alpha value is -2.00. The molecule has 0 saturated heterocycles. The number of alkyl halides is 3. The van der Waals surface area contributed by atoms with Gasteiger partial charge in [0.05, 0.1) is 22.2 Å². The second kappa shape index (κ2) is 6.62. The molecule has 0 N–H and O–H groups in total. The third-order valence-electron chi connectivity index (χ3n) is 4.22. The Kier molecular flexibility index (Phi) is 4.78. The maximum Gasteiger partial charge on any atom is 0.419 e. The predicted octanol–water partition coefficient (Wildman–Crippen LogP) is 4.15. The molecule has 1 fully saturated rings. The Morgan fingerprint density at radius 2 is 1.88 bits per heavy atom. The van der Waals surface area contributed by atoms with E-state index in [1.165, 1.54) is 10.5 Å². The van der Waals surface area contributed by atoms with Crippen molar-refractivity contribution in [2.24, 2.45) is 0 Å². The van der Waals surface area contributed by atoms with E-state index in [1.807, 2.05) is 0 Å². The molecule has 0 bridgehead atoms. The van der Waals surface area contributed by atoms with Crippen molar-refractivity contribution in [2.75, 3.05) is 0 Å². The van der Waals surface area contributed by atoms with Gasteiger partial charge < -0.3 is 0 Å². The van der Waals surface area contributed by atoms with Gasteiger partial charge in [-0.25, -0.2) is 12.8 Å². The Bertz CT molecular complexity index is 897. The zero-order chi connectivity index (χ0) is 19.1. The first kappa shape index (κ1) is 18.8. The zero-order valence-electron chi connectivity index (χ0n) is 13.7. The van der Waals surface area contributed by atoms with Crippen molar-refractivity contribution in [3.05, 3.63) is 59.7 Å². The summed E-state index contributed by atoms with van der Waals surface area (Å²) in [7, 11) is -4.26. The lowest BCUT2D eigenvalue weighted by Crippen LogP contribution is -2.36. The fourth-order valence-corrected chi connectivity index (χ4v) is 4.68. The third kappa shape index (κ3) is 3.59. The quantitative estimate of drug-likeness (QED) is 0.723. The van der Waals surface area contributed by atoms with Gasteiger partial charge >= 0.3 is 6.18 Å². The summed E-state index contributed by atoms with van der Waals surface area (Å²) in [4.78, 5) is 3.56. The Morgan fingerprint density at radius 3 is 2.42 bits per heavy atom. The second-order valence-electron chi connectivity index (χ2n) is 6.14. The highest BCUT2D eigenvalue weighted by Crippen LogP contribution is 2.40. The molecule has 0 spiro atoms. The van der Waals surface area contributed by atoms with Crippen LogP contribution in [-0.4, -0.2) is 23.7 Å². The molecule has 1 heterocycles. The number of pyridine rings is 1. The highest BCUT2D eigenvalue weighted by atomic mass is 32.2.